The molecule has 6 N–H and O–H groups in total. The molecule has 3 aromatic carbocycles. The first-order valence-corrected chi connectivity index (χ1v) is 15.6. The fourth-order valence-electron chi connectivity index (χ4n) is 7.02. The van der Waals surface area contributed by atoms with Crippen LogP contribution in [0, 0.1) is 0 Å². The Morgan fingerprint density at radius 3 is 2.54 bits per heavy atom. The lowest BCUT2D eigenvalue weighted by Crippen LogP contribution is -2.60. The maximum Gasteiger partial charge on any atom is 0.254 e. The predicted molar refractivity (Wildman–Crippen MR) is 166 cm³/mol. The number of benzene rings is 3. The number of aliphatic hydroxyl groups excluding tert-OH is 4. The average Bonchev–Trinajstić information content (AvgIpc) is 3.70. The lowest BCUT2D eigenvalue weighted by Gasteiger charge is -2.39. The molecule has 2 fully saturated rings. The van der Waals surface area contributed by atoms with Crippen LogP contribution in [0.3, 0.4) is 0 Å². The normalized spacial score (nSPS) is 24.9. The Morgan fingerprint density at radius 1 is 1.09 bits per heavy atom. The minimum absolute atomic E-state index is 0.00966. The summed E-state index contributed by atoms with van der Waals surface area (Å²) >= 11 is 0. The zero-order chi connectivity index (χ0) is 32.7. The first-order valence-electron chi connectivity index (χ1n) is 15.6. The number of hydrogen-bond donors (Lipinski definition) is 6. The third-order valence-electron chi connectivity index (χ3n) is 9.42. The van der Waals surface area contributed by atoms with Gasteiger partial charge in [0.05, 0.1) is 31.2 Å². The predicted octanol–water partition coefficient (Wildman–Crippen LogP) is 1.95. The Labute approximate surface area is 266 Å². The van der Waals surface area contributed by atoms with Gasteiger partial charge in [0.2, 0.25) is 6.29 Å². The molecule has 3 aromatic rings. The van der Waals surface area contributed by atoms with Crippen molar-refractivity contribution >= 4 is 22.5 Å². The molecular weight excluding hydrogens is 596 g/mol. The monoisotopic (exact) mass is 636 g/mol. The van der Waals surface area contributed by atoms with Crippen LogP contribution in [0.1, 0.15) is 69.0 Å². The van der Waals surface area contributed by atoms with Gasteiger partial charge in [0.1, 0.15) is 41.7 Å². The van der Waals surface area contributed by atoms with E-state index in [-0.39, 0.29) is 47.4 Å². The number of ketones is 1. The molecule has 12 nitrogen and oxygen atoms in total. The Hall–Kier alpha value is -3.78. The third kappa shape index (κ3) is 5.70. The van der Waals surface area contributed by atoms with Gasteiger partial charge >= 0.3 is 0 Å². The molecule has 5 atom stereocenters. The topological polar surface area (TPSA) is 178 Å². The van der Waals surface area contributed by atoms with Crippen molar-refractivity contribution < 1.29 is 49.3 Å². The molecule has 2 aliphatic heterocycles. The van der Waals surface area contributed by atoms with Gasteiger partial charge in [0.25, 0.3) is 5.91 Å². The molecule has 6 rings (SSSR count). The summed E-state index contributed by atoms with van der Waals surface area (Å²) < 4.78 is 17.1. The van der Waals surface area contributed by atoms with Crippen molar-refractivity contribution in [2.75, 3.05) is 27.3 Å². The second kappa shape index (κ2) is 13.1. The number of aromatic hydroxyl groups is 1. The molecule has 1 saturated carbocycles. The Morgan fingerprint density at radius 2 is 1.85 bits per heavy atom. The molecule has 0 bridgehead atoms. The Kier molecular flexibility index (Phi) is 9.19. The van der Waals surface area contributed by atoms with Crippen LogP contribution < -0.4 is 14.8 Å². The van der Waals surface area contributed by atoms with Crippen LogP contribution in [0.4, 0.5) is 0 Å². The zero-order valence-corrected chi connectivity index (χ0v) is 25.8. The van der Waals surface area contributed by atoms with Gasteiger partial charge < -0.3 is 50.0 Å². The minimum atomic E-state index is -1.70. The number of amides is 1. The second-order valence-corrected chi connectivity index (χ2v) is 12.3. The highest BCUT2D eigenvalue weighted by molar-refractivity contribution is 6.11. The second-order valence-electron chi connectivity index (χ2n) is 12.3. The van der Waals surface area contributed by atoms with Gasteiger partial charge in [-0.05, 0) is 66.1 Å². The molecule has 246 valence electrons. The smallest absolute Gasteiger partial charge is 0.254 e. The fourth-order valence-corrected chi connectivity index (χ4v) is 7.02. The van der Waals surface area contributed by atoms with E-state index < -0.39 is 43.1 Å². The average molecular weight is 637 g/mol. The number of phenols is 1. The SMILES string of the molecule is CNCc1cccc2c1CN(CC(=O)c1c(C3CCCC3)cc3cc(OC)cc(O[C@H]4O[C@H](CO)[C@@H](O)[C@H](O)[C@H]4O)c3c1O)C2=O. The summed E-state index contributed by atoms with van der Waals surface area (Å²) in [6.07, 6.45) is -4.07. The van der Waals surface area contributed by atoms with E-state index in [9.17, 15) is 35.1 Å². The molecule has 1 saturated heterocycles. The van der Waals surface area contributed by atoms with Crippen molar-refractivity contribution in [2.24, 2.45) is 0 Å². The number of fused-ring (bicyclic) bond motifs is 2. The number of carbonyl (C=O) groups is 2. The summed E-state index contributed by atoms with van der Waals surface area (Å²) in [7, 11) is 3.29. The summed E-state index contributed by atoms with van der Waals surface area (Å²) in [6, 6.07) is 10.5. The molecular formula is C34H40N2O10. The number of methoxy groups -OCH3 is 1. The quantitative estimate of drug-likeness (QED) is 0.179. The minimum Gasteiger partial charge on any atom is -0.506 e. The molecule has 46 heavy (non-hydrogen) atoms. The van der Waals surface area contributed by atoms with E-state index in [1.54, 1.807) is 12.1 Å². The summed E-state index contributed by atoms with van der Waals surface area (Å²) in [4.78, 5) is 29.1. The van der Waals surface area contributed by atoms with Crippen molar-refractivity contribution in [2.45, 2.75) is 75.4 Å². The van der Waals surface area contributed by atoms with Crippen molar-refractivity contribution in [1.82, 2.24) is 10.2 Å². The molecule has 12 heteroatoms. The number of phenolic OH excluding ortho intramolecular Hbond substituents is 1. The van der Waals surface area contributed by atoms with Gasteiger partial charge in [-0.25, -0.2) is 0 Å². The first-order chi connectivity index (χ1) is 22.2. The van der Waals surface area contributed by atoms with E-state index in [2.05, 4.69) is 5.32 Å². The fraction of sp³-hybridized carbons (Fsp3) is 0.471. The number of Topliss-reactive ketones (excluding diaryl/α,β-unsaturated/α-hetero) is 1. The van der Waals surface area contributed by atoms with Crippen LogP contribution >= 0.6 is 0 Å². The van der Waals surface area contributed by atoms with Gasteiger partial charge in [0.15, 0.2) is 5.78 Å². The summed E-state index contributed by atoms with van der Waals surface area (Å²) in [6.45, 7) is -0.0397. The largest absolute Gasteiger partial charge is 0.506 e. The van der Waals surface area contributed by atoms with Gasteiger partial charge in [-0.15, -0.1) is 0 Å². The summed E-state index contributed by atoms with van der Waals surface area (Å²) in [5.74, 6) is -0.645. The van der Waals surface area contributed by atoms with Crippen molar-refractivity contribution in [1.29, 1.82) is 0 Å². The number of hydrogen-bond acceptors (Lipinski definition) is 11. The zero-order valence-electron chi connectivity index (χ0n) is 25.8. The maximum atomic E-state index is 14.2. The molecule has 0 radical (unpaired) electrons. The molecule has 0 aromatic heterocycles. The summed E-state index contributed by atoms with van der Waals surface area (Å²) in [5, 5.41) is 56.6. The highest BCUT2D eigenvalue weighted by atomic mass is 16.7. The number of nitrogens with one attached hydrogen (secondary N) is 1. The number of rotatable bonds is 10. The number of carbonyl (C=O) groups excluding carboxylic acids is 2. The highest BCUT2D eigenvalue weighted by Gasteiger charge is 2.45. The van der Waals surface area contributed by atoms with E-state index in [0.29, 0.717) is 28.8 Å². The lowest BCUT2D eigenvalue weighted by molar-refractivity contribution is -0.277. The van der Waals surface area contributed by atoms with E-state index in [0.717, 1.165) is 36.8 Å². The van der Waals surface area contributed by atoms with Crippen LogP contribution in [0.25, 0.3) is 10.8 Å². The Bertz CT molecular complexity index is 1640. The lowest BCUT2D eigenvalue weighted by atomic mass is 9.87. The van der Waals surface area contributed by atoms with Crippen LogP contribution in [0.15, 0.2) is 36.4 Å². The van der Waals surface area contributed by atoms with Gasteiger partial charge in [-0.3, -0.25) is 9.59 Å². The van der Waals surface area contributed by atoms with Crippen molar-refractivity contribution in [3.05, 3.63) is 64.2 Å². The van der Waals surface area contributed by atoms with Crippen LogP contribution in [0.2, 0.25) is 0 Å². The summed E-state index contributed by atoms with van der Waals surface area (Å²) in [5.41, 5.74) is 3.19. The third-order valence-corrected chi connectivity index (χ3v) is 9.42. The number of aliphatic hydroxyl groups is 4. The van der Waals surface area contributed by atoms with Gasteiger partial charge in [-0.2, -0.15) is 0 Å². The first kappa shape index (κ1) is 32.2. The van der Waals surface area contributed by atoms with E-state index >= 15 is 0 Å². The van der Waals surface area contributed by atoms with Gasteiger partial charge in [-0.1, -0.05) is 25.0 Å². The van der Waals surface area contributed by atoms with E-state index in [1.165, 1.54) is 18.1 Å². The van der Waals surface area contributed by atoms with Crippen molar-refractivity contribution in [3.63, 3.8) is 0 Å². The van der Waals surface area contributed by atoms with Crippen LogP contribution in [0.5, 0.6) is 17.2 Å². The number of nitrogens with zero attached hydrogens (tertiary/aromatic N) is 1. The number of ether oxygens (including phenoxy) is 3. The molecule has 2 heterocycles. The van der Waals surface area contributed by atoms with E-state index in [4.69, 9.17) is 14.2 Å². The Balaban J connectivity index is 1.41. The molecule has 3 aliphatic rings. The standard InChI is InChI=1S/C34H40N2O10/c1-35-13-18-8-5-9-21-23(18)14-36(33(21)43)15-24(38)28-22(17-6-3-4-7-17)11-19-10-20(44-2)12-25(27(19)30(28)40)45-34-32(42)31(41)29(39)26(16-37)46-34/h5,8-12,17,26,29,31-32,34-35,37,39-42H,3-4,6-7,13-16H2,1-2H3/t26-,29-,31+,32-,34+/m1/s1. The maximum absolute atomic E-state index is 14.2. The molecule has 1 amide bonds. The van der Waals surface area contributed by atoms with Gasteiger partial charge in [0, 0.05) is 24.7 Å². The highest BCUT2D eigenvalue weighted by Crippen LogP contribution is 2.46. The molecule has 0 unspecified atom stereocenters. The van der Waals surface area contributed by atoms with Crippen molar-refractivity contribution in [3.8, 4) is 17.2 Å². The van der Waals surface area contributed by atoms with E-state index in [1.807, 2.05) is 25.2 Å². The molecule has 0 spiro atoms. The van der Waals surface area contributed by atoms with Crippen LogP contribution in [-0.4, -0.2) is 100 Å². The van der Waals surface area contributed by atoms with Crippen LogP contribution in [-0.2, 0) is 17.8 Å². The molecule has 1 aliphatic carbocycles.